The fourth-order valence-electron chi connectivity index (χ4n) is 7.38. The van der Waals surface area contributed by atoms with Crippen LogP contribution in [0.4, 0.5) is 14.9 Å². The van der Waals surface area contributed by atoms with Gasteiger partial charge in [-0.2, -0.15) is 5.10 Å². The molecule has 3 amide bonds. The number of carbonyl (C=O) groups excluding carboxylic acids is 2. The smallest absolute Gasteiger partial charge is 0.325 e. The molecule has 0 radical (unpaired) electrons. The van der Waals surface area contributed by atoms with Gasteiger partial charge in [-0.15, -0.1) is 0 Å². The van der Waals surface area contributed by atoms with Crippen molar-refractivity contribution in [2.75, 3.05) is 31.1 Å². The number of rotatable bonds is 4. The van der Waals surface area contributed by atoms with Crippen LogP contribution in [0, 0.1) is 23.6 Å². The molecule has 0 spiro atoms. The number of fused-ring (bicyclic) bond motifs is 2. The molecule has 3 aliphatic heterocycles. The molecule has 186 valence electrons. The minimum atomic E-state index is -0.356. The van der Waals surface area contributed by atoms with Crippen LogP contribution in [0.15, 0.2) is 48.7 Å². The summed E-state index contributed by atoms with van der Waals surface area (Å²) in [5.74, 6) is 1.92. The first kappa shape index (κ1) is 21.8. The number of halogens is 1. The van der Waals surface area contributed by atoms with Crippen LogP contribution in [0.1, 0.15) is 32.1 Å². The van der Waals surface area contributed by atoms with Crippen LogP contribution in [0.25, 0.3) is 16.6 Å². The Morgan fingerprint density at radius 2 is 1.67 bits per heavy atom. The molecular formula is C28H30FN5O2. The molecule has 5 aliphatic rings. The van der Waals surface area contributed by atoms with Crippen molar-refractivity contribution < 1.29 is 14.0 Å². The average Bonchev–Trinajstić information content (AvgIpc) is 3.39. The van der Waals surface area contributed by atoms with Crippen molar-refractivity contribution in [3.8, 4) is 5.69 Å². The lowest BCUT2D eigenvalue weighted by atomic mass is 9.68. The number of aromatic nitrogens is 2. The van der Waals surface area contributed by atoms with E-state index in [0.29, 0.717) is 30.7 Å². The standard InChI is InChI=1S/C28H30FN5O2/c29-23-4-1-2-5-26(23)34-25-7-3-6-24(22(25)15-30-34)32-9-8-31(28(32)36)17-27(35)33-16-20-11-18-10-19(12-20)14-21(33)13-18/h1-7,15,18-21H,8-14,16-17H2/t18-,19+,20?,21?. The highest BCUT2D eigenvalue weighted by Gasteiger charge is 2.44. The Morgan fingerprint density at radius 3 is 2.47 bits per heavy atom. The Balaban J connectivity index is 1.11. The summed E-state index contributed by atoms with van der Waals surface area (Å²) in [6.07, 6.45) is 7.81. The second-order valence-corrected chi connectivity index (χ2v) is 11.1. The van der Waals surface area contributed by atoms with E-state index in [-0.39, 0.29) is 24.3 Å². The van der Waals surface area contributed by atoms with Crippen LogP contribution in [0.3, 0.4) is 0 Å². The number of benzene rings is 2. The molecule has 4 atom stereocenters. The minimum Gasteiger partial charge on any atom is -0.338 e. The molecule has 3 aromatic rings. The highest BCUT2D eigenvalue weighted by atomic mass is 19.1. The monoisotopic (exact) mass is 487 g/mol. The zero-order valence-electron chi connectivity index (χ0n) is 20.2. The van der Waals surface area contributed by atoms with Gasteiger partial charge in [0.1, 0.15) is 18.0 Å². The molecule has 0 N–H and O–H groups in total. The molecule has 5 fully saturated rings. The molecule has 8 heteroatoms. The number of nitrogens with zero attached hydrogens (tertiary/aromatic N) is 5. The number of hydrogen-bond acceptors (Lipinski definition) is 3. The van der Waals surface area contributed by atoms with E-state index in [1.54, 1.807) is 38.9 Å². The van der Waals surface area contributed by atoms with Gasteiger partial charge in [0.2, 0.25) is 5.91 Å². The van der Waals surface area contributed by atoms with Gasteiger partial charge in [0.05, 0.1) is 17.4 Å². The van der Waals surface area contributed by atoms with Crippen LogP contribution >= 0.6 is 0 Å². The Labute approximate surface area is 209 Å². The molecule has 2 aromatic carbocycles. The molecule has 8 rings (SSSR count). The van der Waals surface area contributed by atoms with Gasteiger partial charge in [0.15, 0.2) is 0 Å². The molecule has 4 heterocycles. The summed E-state index contributed by atoms with van der Waals surface area (Å²) in [6, 6.07) is 12.3. The summed E-state index contributed by atoms with van der Waals surface area (Å²) in [7, 11) is 0. The number of hydrogen-bond donors (Lipinski definition) is 0. The third-order valence-corrected chi connectivity index (χ3v) is 8.81. The molecule has 3 saturated heterocycles. The molecule has 7 nitrogen and oxygen atoms in total. The van der Waals surface area contributed by atoms with Crippen molar-refractivity contribution in [1.82, 2.24) is 19.6 Å². The first-order valence-corrected chi connectivity index (χ1v) is 13.1. The second-order valence-electron chi connectivity index (χ2n) is 11.1. The van der Waals surface area contributed by atoms with Crippen LogP contribution in [0.2, 0.25) is 0 Å². The molecule has 2 saturated carbocycles. The first-order chi connectivity index (χ1) is 17.5. The fourth-order valence-corrected chi connectivity index (χ4v) is 7.38. The van der Waals surface area contributed by atoms with Gasteiger partial charge in [-0.05, 0) is 74.1 Å². The minimum absolute atomic E-state index is 0.0916. The van der Waals surface area contributed by atoms with E-state index in [1.807, 2.05) is 18.2 Å². The summed E-state index contributed by atoms with van der Waals surface area (Å²) in [6.45, 7) is 2.01. The Kier molecular flexibility index (Phi) is 5.04. The van der Waals surface area contributed by atoms with E-state index < -0.39 is 0 Å². The molecule has 4 bridgehead atoms. The number of amides is 3. The van der Waals surface area contributed by atoms with Crippen molar-refractivity contribution in [2.24, 2.45) is 17.8 Å². The normalized spacial score (nSPS) is 27.4. The molecule has 2 aliphatic carbocycles. The van der Waals surface area contributed by atoms with E-state index in [4.69, 9.17) is 0 Å². The van der Waals surface area contributed by atoms with Gasteiger partial charge in [-0.1, -0.05) is 18.2 Å². The molecular weight excluding hydrogens is 457 g/mol. The highest BCUT2D eigenvalue weighted by molar-refractivity contribution is 6.04. The predicted molar refractivity (Wildman–Crippen MR) is 134 cm³/mol. The fraction of sp³-hybridized carbons (Fsp3) is 0.464. The average molecular weight is 488 g/mol. The van der Waals surface area contributed by atoms with Crippen LogP contribution in [-0.2, 0) is 4.79 Å². The number of urea groups is 1. The van der Waals surface area contributed by atoms with Crippen molar-refractivity contribution in [3.05, 3.63) is 54.5 Å². The summed E-state index contributed by atoms with van der Waals surface area (Å²) >= 11 is 0. The van der Waals surface area contributed by atoms with Gasteiger partial charge in [-0.3, -0.25) is 9.69 Å². The van der Waals surface area contributed by atoms with Crippen LogP contribution < -0.4 is 4.90 Å². The van der Waals surface area contributed by atoms with E-state index in [2.05, 4.69) is 10.00 Å². The summed E-state index contributed by atoms with van der Waals surface area (Å²) in [5, 5.41) is 5.21. The predicted octanol–water partition coefficient (Wildman–Crippen LogP) is 4.44. The lowest BCUT2D eigenvalue weighted by Crippen LogP contribution is -2.47. The first-order valence-electron chi connectivity index (χ1n) is 13.1. The maximum atomic E-state index is 14.4. The SMILES string of the molecule is O=C1N(CC(=O)N2CC3C[C@@H]4CC2C[C@H](C3)C4)CCN1c1cccc2c1cnn2-c1ccccc1F. The van der Waals surface area contributed by atoms with Gasteiger partial charge in [-0.25, -0.2) is 13.9 Å². The van der Waals surface area contributed by atoms with E-state index >= 15 is 0 Å². The van der Waals surface area contributed by atoms with Crippen molar-refractivity contribution >= 4 is 28.5 Å². The number of carbonyl (C=O) groups is 2. The topological polar surface area (TPSA) is 61.7 Å². The van der Waals surface area contributed by atoms with Crippen molar-refractivity contribution in [1.29, 1.82) is 0 Å². The third kappa shape index (κ3) is 3.49. The molecule has 2 unspecified atom stereocenters. The lowest BCUT2D eigenvalue weighted by molar-refractivity contribution is -0.134. The number of para-hydroxylation sites is 1. The van der Waals surface area contributed by atoms with Gasteiger partial charge >= 0.3 is 6.03 Å². The second kappa shape index (κ2) is 8.32. The zero-order chi connectivity index (χ0) is 24.4. The van der Waals surface area contributed by atoms with Gasteiger partial charge < -0.3 is 9.80 Å². The van der Waals surface area contributed by atoms with Gasteiger partial charge in [0, 0.05) is 31.1 Å². The Hall–Kier alpha value is -3.42. The Bertz CT molecular complexity index is 1340. The molecule has 36 heavy (non-hydrogen) atoms. The lowest BCUT2D eigenvalue weighted by Gasteiger charge is -2.39. The summed E-state index contributed by atoms with van der Waals surface area (Å²) in [5.41, 5.74) is 1.83. The number of anilines is 1. The summed E-state index contributed by atoms with van der Waals surface area (Å²) < 4.78 is 16.0. The van der Waals surface area contributed by atoms with E-state index in [0.717, 1.165) is 47.8 Å². The van der Waals surface area contributed by atoms with Gasteiger partial charge in [0.25, 0.3) is 0 Å². The Morgan fingerprint density at radius 1 is 0.917 bits per heavy atom. The van der Waals surface area contributed by atoms with E-state index in [1.165, 1.54) is 25.3 Å². The van der Waals surface area contributed by atoms with E-state index in [9.17, 15) is 14.0 Å². The summed E-state index contributed by atoms with van der Waals surface area (Å²) in [4.78, 5) is 32.4. The highest BCUT2D eigenvalue weighted by Crippen LogP contribution is 2.47. The maximum absolute atomic E-state index is 14.4. The molecule has 1 aromatic heterocycles. The van der Waals surface area contributed by atoms with Crippen LogP contribution in [-0.4, -0.2) is 63.7 Å². The van der Waals surface area contributed by atoms with Crippen LogP contribution in [0.5, 0.6) is 0 Å². The maximum Gasteiger partial charge on any atom is 0.325 e. The largest absolute Gasteiger partial charge is 0.338 e. The third-order valence-electron chi connectivity index (χ3n) is 8.81. The van der Waals surface area contributed by atoms with Crippen molar-refractivity contribution in [3.63, 3.8) is 0 Å². The van der Waals surface area contributed by atoms with Crippen molar-refractivity contribution in [2.45, 2.75) is 38.1 Å². The zero-order valence-corrected chi connectivity index (χ0v) is 20.2. The quantitative estimate of drug-likeness (QED) is 0.547.